The first-order valence-electron chi connectivity index (χ1n) is 9.69. The van der Waals surface area contributed by atoms with E-state index in [1.165, 1.54) is 17.0 Å². The maximum Gasteiger partial charge on any atom is 0.257 e. The van der Waals surface area contributed by atoms with Gasteiger partial charge in [0.1, 0.15) is 23.3 Å². The molecule has 1 heterocycles. The van der Waals surface area contributed by atoms with Crippen LogP contribution < -0.4 is 0 Å². The number of aromatic nitrogens is 2. The monoisotopic (exact) mass is 403 g/mol. The average Bonchev–Trinajstić information content (AvgIpc) is 2.97. The van der Waals surface area contributed by atoms with Gasteiger partial charge in [-0.1, -0.05) is 20.8 Å². The number of carbonyl (C=O) groups excluding carboxylic acids is 1. The lowest BCUT2D eigenvalue weighted by atomic mass is 10.1. The molecular formula is C22H24F3N3O. The van der Waals surface area contributed by atoms with Crippen molar-refractivity contribution in [1.29, 1.82) is 0 Å². The molecule has 0 bridgehead atoms. The van der Waals surface area contributed by atoms with Gasteiger partial charge in [0.05, 0.1) is 23.1 Å². The number of nitrogens with zero attached hydrogens (tertiary/aromatic N) is 3. The zero-order valence-corrected chi connectivity index (χ0v) is 16.8. The summed E-state index contributed by atoms with van der Waals surface area (Å²) in [5.74, 6) is -1.79. The Balaban J connectivity index is 2.00. The van der Waals surface area contributed by atoms with Crippen molar-refractivity contribution in [2.24, 2.45) is 5.92 Å². The molecule has 29 heavy (non-hydrogen) atoms. The molecule has 7 heteroatoms. The van der Waals surface area contributed by atoms with Gasteiger partial charge >= 0.3 is 0 Å². The molecule has 0 fully saturated rings. The van der Waals surface area contributed by atoms with E-state index in [1.807, 2.05) is 25.3 Å². The number of fused-ring (bicyclic) bond motifs is 1. The van der Waals surface area contributed by atoms with E-state index < -0.39 is 17.5 Å². The van der Waals surface area contributed by atoms with Gasteiger partial charge in [-0.15, -0.1) is 0 Å². The first kappa shape index (κ1) is 20.9. The van der Waals surface area contributed by atoms with Crippen molar-refractivity contribution in [3.8, 4) is 0 Å². The molecule has 2 aromatic carbocycles. The van der Waals surface area contributed by atoms with Crippen LogP contribution in [0.1, 0.15) is 43.4 Å². The van der Waals surface area contributed by atoms with E-state index in [9.17, 15) is 18.0 Å². The summed E-state index contributed by atoms with van der Waals surface area (Å²) in [7, 11) is 0. The van der Waals surface area contributed by atoms with Crippen LogP contribution in [0.25, 0.3) is 11.0 Å². The first-order chi connectivity index (χ1) is 13.8. The van der Waals surface area contributed by atoms with Crippen molar-refractivity contribution in [3.05, 3.63) is 65.2 Å². The van der Waals surface area contributed by atoms with Crippen molar-refractivity contribution < 1.29 is 18.0 Å². The Hall–Kier alpha value is -2.83. The smallest absolute Gasteiger partial charge is 0.257 e. The largest absolute Gasteiger partial charge is 0.331 e. The highest BCUT2D eigenvalue weighted by molar-refractivity contribution is 5.94. The minimum Gasteiger partial charge on any atom is -0.331 e. The predicted molar refractivity (Wildman–Crippen MR) is 106 cm³/mol. The molecule has 0 spiro atoms. The Kier molecular flexibility index (Phi) is 6.25. The Bertz CT molecular complexity index is 1030. The van der Waals surface area contributed by atoms with Gasteiger partial charge in [0.2, 0.25) is 0 Å². The fourth-order valence-corrected chi connectivity index (χ4v) is 3.40. The Morgan fingerprint density at radius 1 is 1.10 bits per heavy atom. The summed E-state index contributed by atoms with van der Waals surface area (Å²) in [6, 6.07) is 7.31. The summed E-state index contributed by atoms with van der Waals surface area (Å²) in [6.07, 6.45) is 0.805. The van der Waals surface area contributed by atoms with Gasteiger partial charge in [-0.3, -0.25) is 4.79 Å². The Labute approximate surface area is 168 Å². The third kappa shape index (κ3) is 4.60. The molecular weight excluding hydrogens is 379 g/mol. The average molecular weight is 403 g/mol. The Morgan fingerprint density at radius 3 is 2.45 bits per heavy atom. The van der Waals surface area contributed by atoms with Gasteiger partial charge in [-0.25, -0.2) is 18.2 Å². The molecule has 0 saturated carbocycles. The maximum absolute atomic E-state index is 14.2. The van der Waals surface area contributed by atoms with E-state index in [2.05, 4.69) is 4.98 Å². The van der Waals surface area contributed by atoms with E-state index in [4.69, 9.17) is 0 Å². The summed E-state index contributed by atoms with van der Waals surface area (Å²) in [5, 5.41) is 0. The van der Waals surface area contributed by atoms with Crippen LogP contribution in [0.2, 0.25) is 0 Å². The summed E-state index contributed by atoms with van der Waals surface area (Å²) in [6.45, 7) is 7.03. The lowest BCUT2D eigenvalue weighted by Gasteiger charge is -2.25. The van der Waals surface area contributed by atoms with Crippen LogP contribution in [-0.2, 0) is 13.1 Å². The highest BCUT2D eigenvalue weighted by Gasteiger charge is 2.23. The molecule has 3 aromatic rings. The lowest BCUT2D eigenvalue weighted by molar-refractivity contribution is 0.0711. The van der Waals surface area contributed by atoms with E-state index >= 15 is 0 Å². The minimum absolute atomic E-state index is 0.129. The van der Waals surface area contributed by atoms with Crippen LogP contribution >= 0.6 is 0 Å². The summed E-state index contributed by atoms with van der Waals surface area (Å²) >= 11 is 0. The number of aryl methyl sites for hydroxylation is 1. The van der Waals surface area contributed by atoms with Crippen LogP contribution in [-0.4, -0.2) is 26.9 Å². The molecule has 0 radical (unpaired) electrons. The molecule has 1 amide bonds. The zero-order valence-electron chi connectivity index (χ0n) is 16.8. The van der Waals surface area contributed by atoms with Gasteiger partial charge in [0, 0.05) is 19.2 Å². The van der Waals surface area contributed by atoms with Crippen molar-refractivity contribution in [2.45, 2.75) is 40.3 Å². The predicted octanol–water partition coefficient (Wildman–Crippen LogP) is 5.16. The molecule has 4 nitrogen and oxygen atoms in total. The number of halogens is 3. The van der Waals surface area contributed by atoms with Gasteiger partial charge in [-0.2, -0.15) is 0 Å². The van der Waals surface area contributed by atoms with Gasteiger partial charge in [0.15, 0.2) is 0 Å². The van der Waals surface area contributed by atoms with Crippen LogP contribution in [0.3, 0.4) is 0 Å². The SMILES string of the molecule is CCCn1c(CN(CC(C)C)C(=O)c2ccc(F)cc2F)nc2ccc(F)cc21. The quantitative estimate of drug-likeness (QED) is 0.546. The molecule has 154 valence electrons. The van der Waals surface area contributed by atoms with E-state index in [1.54, 1.807) is 6.07 Å². The lowest BCUT2D eigenvalue weighted by Crippen LogP contribution is -2.35. The van der Waals surface area contributed by atoms with Crippen LogP contribution in [0.5, 0.6) is 0 Å². The second kappa shape index (κ2) is 8.68. The Morgan fingerprint density at radius 2 is 1.79 bits per heavy atom. The molecule has 0 unspecified atom stereocenters. The molecule has 0 saturated heterocycles. The number of hydrogen-bond acceptors (Lipinski definition) is 2. The van der Waals surface area contributed by atoms with Crippen molar-refractivity contribution in [1.82, 2.24) is 14.5 Å². The second-order valence-electron chi connectivity index (χ2n) is 7.52. The van der Waals surface area contributed by atoms with Crippen LogP contribution in [0.4, 0.5) is 13.2 Å². The topological polar surface area (TPSA) is 38.1 Å². The third-order valence-corrected chi connectivity index (χ3v) is 4.60. The third-order valence-electron chi connectivity index (χ3n) is 4.60. The van der Waals surface area contributed by atoms with Crippen LogP contribution in [0.15, 0.2) is 36.4 Å². The number of imidazole rings is 1. The van der Waals surface area contributed by atoms with Gasteiger partial charge in [0.25, 0.3) is 5.91 Å². The van der Waals surface area contributed by atoms with Gasteiger partial charge in [-0.05, 0) is 42.7 Å². The van der Waals surface area contributed by atoms with Crippen molar-refractivity contribution in [2.75, 3.05) is 6.54 Å². The van der Waals surface area contributed by atoms with Crippen LogP contribution in [0, 0.1) is 23.4 Å². The molecule has 1 aromatic heterocycles. The molecule has 0 aliphatic carbocycles. The molecule has 3 rings (SSSR count). The minimum atomic E-state index is -0.895. The molecule has 0 N–H and O–H groups in total. The van der Waals surface area contributed by atoms with Gasteiger partial charge < -0.3 is 9.47 Å². The fourth-order valence-electron chi connectivity index (χ4n) is 3.40. The van der Waals surface area contributed by atoms with Crippen molar-refractivity contribution in [3.63, 3.8) is 0 Å². The first-order valence-corrected chi connectivity index (χ1v) is 9.69. The molecule has 0 atom stereocenters. The normalized spacial score (nSPS) is 11.4. The zero-order chi connectivity index (χ0) is 21.1. The second-order valence-corrected chi connectivity index (χ2v) is 7.52. The number of carbonyl (C=O) groups is 1. The van der Waals surface area contributed by atoms with E-state index in [0.717, 1.165) is 18.6 Å². The summed E-state index contributed by atoms with van der Waals surface area (Å²) < 4.78 is 43.1. The van der Waals surface area contributed by atoms with E-state index in [0.29, 0.717) is 36.0 Å². The number of rotatable bonds is 7. The number of benzene rings is 2. The number of amides is 1. The molecule has 0 aliphatic heterocycles. The summed E-state index contributed by atoms with van der Waals surface area (Å²) in [4.78, 5) is 19.1. The standard InChI is InChI=1S/C22H24F3N3O/c1-4-9-28-20-11-16(24)6-8-19(20)26-21(28)13-27(12-14(2)3)22(29)17-7-5-15(23)10-18(17)25/h5-8,10-11,14H,4,9,12-13H2,1-3H3. The number of hydrogen-bond donors (Lipinski definition) is 0. The fraction of sp³-hybridized carbons (Fsp3) is 0.364. The van der Waals surface area contributed by atoms with Crippen molar-refractivity contribution >= 4 is 16.9 Å². The highest BCUT2D eigenvalue weighted by Crippen LogP contribution is 2.21. The highest BCUT2D eigenvalue weighted by atomic mass is 19.1. The summed E-state index contributed by atoms with van der Waals surface area (Å²) in [5.41, 5.74) is 1.11. The maximum atomic E-state index is 14.2. The molecule has 0 aliphatic rings. The van der Waals surface area contributed by atoms with E-state index in [-0.39, 0.29) is 23.8 Å².